The van der Waals surface area contributed by atoms with Crippen LogP contribution in [0.3, 0.4) is 0 Å². The van der Waals surface area contributed by atoms with Crippen molar-refractivity contribution >= 4 is 0 Å². The molecule has 0 spiro atoms. The molecule has 0 saturated carbocycles. The summed E-state index contributed by atoms with van der Waals surface area (Å²) >= 11 is 0. The second-order valence-electron chi connectivity index (χ2n) is 17.2. The molecule has 0 N–H and O–H groups in total. The molecule has 2 heteroatoms. The van der Waals surface area contributed by atoms with E-state index in [1.54, 1.807) is 0 Å². The SMILES string of the molecule is [CH2]c1cccc(OC/C=C(\C)CCC[C@H](C)CCC[C@H](C)CCCC(C)C)c1OC/C=C(\C)CCC[C@H](C)CCC[C@H](C)CCCC(C)C. The maximum atomic E-state index is 6.22. The van der Waals surface area contributed by atoms with E-state index in [4.69, 9.17) is 9.47 Å². The first-order valence-electron chi connectivity index (χ1n) is 20.9. The Balaban J connectivity index is 2.31. The number of benzene rings is 1. The van der Waals surface area contributed by atoms with E-state index in [-0.39, 0.29) is 0 Å². The highest BCUT2D eigenvalue weighted by molar-refractivity contribution is 5.48. The smallest absolute Gasteiger partial charge is 0.164 e. The first kappa shape index (κ1) is 45.3. The van der Waals surface area contributed by atoms with E-state index in [2.05, 4.69) is 88.3 Å². The van der Waals surface area contributed by atoms with Gasteiger partial charge in [0.1, 0.15) is 13.2 Å². The van der Waals surface area contributed by atoms with Crippen LogP contribution in [0.4, 0.5) is 0 Å². The molecule has 0 aliphatic heterocycles. The summed E-state index contributed by atoms with van der Waals surface area (Å²) in [6, 6.07) is 6.01. The van der Waals surface area contributed by atoms with Gasteiger partial charge in [0.15, 0.2) is 11.5 Å². The molecule has 1 radical (unpaired) electrons. The van der Waals surface area contributed by atoms with E-state index >= 15 is 0 Å². The average molecular weight is 680 g/mol. The number of ether oxygens (including phenoxy) is 2. The molecular weight excluding hydrogens is 597 g/mol. The molecule has 49 heavy (non-hydrogen) atoms. The van der Waals surface area contributed by atoms with Crippen molar-refractivity contribution in [2.45, 2.75) is 185 Å². The largest absolute Gasteiger partial charge is 0.486 e. The number of hydrogen-bond donors (Lipinski definition) is 0. The lowest BCUT2D eigenvalue weighted by molar-refractivity contribution is 0.306. The third kappa shape index (κ3) is 25.0. The number of para-hydroxylation sites is 1. The van der Waals surface area contributed by atoms with Crippen LogP contribution in [0.25, 0.3) is 0 Å². The third-order valence-corrected chi connectivity index (χ3v) is 10.7. The first-order chi connectivity index (χ1) is 23.4. The van der Waals surface area contributed by atoms with Crippen LogP contribution in [-0.4, -0.2) is 13.2 Å². The van der Waals surface area contributed by atoms with Crippen molar-refractivity contribution in [2.75, 3.05) is 13.2 Å². The standard InChI is InChI=1S/C47H83O2/c1-37(2)19-12-21-39(5)23-14-25-41(7)27-16-29-43(9)33-35-48-46-32-18-31-45(11)47(46)49-36-34-44(10)30-17-28-42(8)26-15-24-40(6)22-13-20-38(3)4/h18,31-34,37-42H,11-17,19-30,35-36H2,1-10H3/b43-33+,44-34+/t39-,40-,41-,42-/m1/s1. The summed E-state index contributed by atoms with van der Waals surface area (Å²) in [5.74, 6) is 6.65. The molecule has 0 saturated heterocycles. The molecule has 0 amide bonds. The summed E-state index contributed by atoms with van der Waals surface area (Å²) in [4.78, 5) is 0. The molecule has 0 aromatic heterocycles. The quantitative estimate of drug-likeness (QED) is 0.0754. The Bertz CT molecular complexity index is 1000. The summed E-state index contributed by atoms with van der Waals surface area (Å²) in [6.07, 6.45) is 28.6. The summed E-state index contributed by atoms with van der Waals surface area (Å²) in [5.41, 5.74) is 3.71. The van der Waals surface area contributed by atoms with Gasteiger partial charge in [-0.2, -0.15) is 0 Å². The minimum atomic E-state index is 0.559. The van der Waals surface area contributed by atoms with E-state index in [0.717, 1.165) is 65.4 Å². The van der Waals surface area contributed by atoms with E-state index in [1.165, 1.54) is 114 Å². The lowest BCUT2D eigenvalue weighted by Gasteiger charge is -2.15. The van der Waals surface area contributed by atoms with Gasteiger partial charge in [-0.1, -0.05) is 169 Å². The highest BCUT2D eigenvalue weighted by Gasteiger charge is 2.10. The van der Waals surface area contributed by atoms with Gasteiger partial charge in [-0.05, 0) is 106 Å². The zero-order valence-corrected chi connectivity index (χ0v) is 34.5. The fourth-order valence-corrected chi connectivity index (χ4v) is 7.00. The number of rotatable bonds is 30. The van der Waals surface area contributed by atoms with Crippen molar-refractivity contribution in [3.05, 3.63) is 54.0 Å². The molecule has 4 atom stereocenters. The number of hydrogen-bond acceptors (Lipinski definition) is 2. The van der Waals surface area contributed by atoms with Crippen LogP contribution in [0, 0.1) is 42.4 Å². The predicted octanol–water partition coefficient (Wildman–Crippen LogP) is 15.4. The minimum absolute atomic E-state index is 0.559. The van der Waals surface area contributed by atoms with Crippen LogP contribution in [0.15, 0.2) is 41.5 Å². The van der Waals surface area contributed by atoms with Gasteiger partial charge >= 0.3 is 0 Å². The molecule has 0 heterocycles. The Hall–Kier alpha value is -1.70. The summed E-state index contributed by atoms with van der Waals surface area (Å²) in [7, 11) is 0. The van der Waals surface area contributed by atoms with Crippen LogP contribution in [0.2, 0.25) is 0 Å². The molecule has 1 rings (SSSR count). The van der Waals surface area contributed by atoms with E-state index in [0.29, 0.717) is 13.2 Å². The van der Waals surface area contributed by atoms with Gasteiger partial charge in [0, 0.05) is 0 Å². The molecule has 0 unspecified atom stereocenters. The van der Waals surface area contributed by atoms with Gasteiger partial charge in [0.25, 0.3) is 0 Å². The maximum absolute atomic E-state index is 6.22. The molecule has 0 bridgehead atoms. The Morgan fingerprint density at radius 1 is 0.531 bits per heavy atom. The van der Waals surface area contributed by atoms with Gasteiger partial charge in [-0.3, -0.25) is 0 Å². The zero-order chi connectivity index (χ0) is 36.4. The van der Waals surface area contributed by atoms with Gasteiger partial charge in [-0.15, -0.1) is 0 Å². The topological polar surface area (TPSA) is 18.5 Å². The van der Waals surface area contributed by atoms with Crippen molar-refractivity contribution < 1.29 is 9.47 Å². The Labute approximate surface area is 307 Å². The van der Waals surface area contributed by atoms with Gasteiger partial charge in [0.05, 0.1) is 0 Å². The molecule has 283 valence electrons. The molecule has 1 aromatic rings. The van der Waals surface area contributed by atoms with Crippen LogP contribution >= 0.6 is 0 Å². The molecular formula is C47H83O2. The van der Waals surface area contributed by atoms with E-state index in [1.807, 2.05) is 18.2 Å². The van der Waals surface area contributed by atoms with Gasteiger partial charge in [0.2, 0.25) is 0 Å². The van der Waals surface area contributed by atoms with Crippen molar-refractivity contribution in [1.29, 1.82) is 0 Å². The van der Waals surface area contributed by atoms with Crippen molar-refractivity contribution in [1.82, 2.24) is 0 Å². The molecule has 1 aromatic carbocycles. The van der Waals surface area contributed by atoms with Crippen LogP contribution in [-0.2, 0) is 0 Å². The van der Waals surface area contributed by atoms with Crippen molar-refractivity contribution in [3.8, 4) is 11.5 Å². The minimum Gasteiger partial charge on any atom is -0.486 e. The van der Waals surface area contributed by atoms with Crippen LogP contribution in [0.5, 0.6) is 11.5 Å². The molecule has 0 aliphatic carbocycles. The lowest BCUT2D eigenvalue weighted by Crippen LogP contribution is -2.02. The second-order valence-corrected chi connectivity index (χ2v) is 17.2. The van der Waals surface area contributed by atoms with Crippen molar-refractivity contribution in [3.63, 3.8) is 0 Å². The fourth-order valence-electron chi connectivity index (χ4n) is 7.00. The third-order valence-electron chi connectivity index (χ3n) is 10.7. The number of allylic oxidation sites excluding steroid dienone is 2. The Morgan fingerprint density at radius 3 is 1.31 bits per heavy atom. The van der Waals surface area contributed by atoms with Gasteiger partial charge < -0.3 is 9.47 Å². The normalized spacial score (nSPS) is 15.1. The maximum Gasteiger partial charge on any atom is 0.164 e. The second kappa shape index (κ2) is 28.0. The molecule has 0 aliphatic rings. The highest BCUT2D eigenvalue weighted by atomic mass is 16.5. The Morgan fingerprint density at radius 2 is 0.898 bits per heavy atom. The molecule has 2 nitrogen and oxygen atoms in total. The zero-order valence-electron chi connectivity index (χ0n) is 34.5. The highest BCUT2D eigenvalue weighted by Crippen LogP contribution is 2.31. The average Bonchev–Trinajstić information content (AvgIpc) is 3.02. The first-order valence-corrected chi connectivity index (χ1v) is 20.9. The summed E-state index contributed by atoms with van der Waals surface area (Å²) < 4.78 is 12.4. The predicted molar refractivity (Wildman–Crippen MR) is 219 cm³/mol. The van der Waals surface area contributed by atoms with Crippen LogP contribution in [0.1, 0.15) is 190 Å². The summed E-state index contributed by atoms with van der Waals surface area (Å²) in [5, 5.41) is 0. The molecule has 0 fully saturated rings. The monoisotopic (exact) mass is 680 g/mol. The Kier molecular flexibility index (Phi) is 25.9. The lowest BCUT2D eigenvalue weighted by atomic mass is 9.91. The summed E-state index contributed by atoms with van der Waals surface area (Å²) in [6.45, 7) is 29.0. The van der Waals surface area contributed by atoms with E-state index < -0.39 is 0 Å². The fraction of sp³-hybridized carbons (Fsp3) is 0.766. The van der Waals surface area contributed by atoms with Crippen molar-refractivity contribution in [2.24, 2.45) is 35.5 Å². The van der Waals surface area contributed by atoms with Crippen LogP contribution < -0.4 is 9.47 Å². The van der Waals surface area contributed by atoms with Gasteiger partial charge in [-0.25, -0.2) is 0 Å². The van der Waals surface area contributed by atoms with E-state index in [9.17, 15) is 0 Å².